The molecule has 6 heterocycles. The highest BCUT2D eigenvalue weighted by molar-refractivity contribution is 9.11. The number of ether oxygens (including phenoxy) is 7. The molecule has 21 nitrogen and oxygen atoms in total. The smallest absolute Gasteiger partial charge is 0.407 e. The van der Waals surface area contributed by atoms with Gasteiger partial charge in [0.25, 0.3) is 0 Å². The van der Waals surface area contributed by atoms with Crippen molar-refractivity contribution >= 4 is 95.3 Å². The van der Waals surface area contributed by atoms with Crippen LogP contribution in [0, 0.1) is 41.4 Å². The lowest BCUT2D eigenvalue weighted by Crippen LogP contribution is -2.45. The number of amides is 1. The summed E-state index contributed by atoms with van der Waals surface area (Å²) in [6.07, 6.45) is 21.0. The minimum absolute atomic E-state index is 0.0623. The van der Waals surface area contributed by atoms with Crippen molar-refractivity contribution in [3.05, 3.63) is 224 Å². The van der Waals surface area contributed by atoms with Crippen molar-refractivity contribution in [2.24, 2.45) is 41.4 Å². The van der Waals surface area contributed by atoms with Gasteiger partial charge in [-0.05, 0) is 407 Å². The highest BCUT2D eigenvalue weighted by atomic mass is 79.9. The van der Waals surface area contributed by atoms with E-state index in [1.165, 1.54) is 30.4 Å². The van der Waals surface area contributed by atoms with Gasteiger partial charge in [0.15, 0.2) is 0 Å². The molecule has 0 bridgehead atoms. The fourth-order valence-electron chi connectivity index (χ4n) is 20.5. The summed E-state index contributed by atoms with van der Waals surface area (Å²) in [5.41, 5.74) is 5.82. The maximum Gasteiger partial charge on any atom is 0.407 e. The standard InChI is InChI=1S/C21H25NO2.C21H33NO2.C20H36N2O4.C20H31NO2.2C19H22BrNO2/c1-21(2,19-11-13-22-14-12-19)24-20(23)18-10-6-9-17(15-18)16-7-4-3-5-8-16;1-4-5-6-7-17-8-10-18(11-9-17)16-20(23)24-21(2,3)19-12-14-22-15-13-19;1-19(2,3)26-18(24)22-16-8-6-14(7-9-16)17(23)25-20(4,5)15-10-12-21-13-11-15;1-19(2,3)16-8-6-15(7-9-16)14-18(22)23-20(4,5)17-10-12-21-13-11-17;1-19(2,16-7-9-21-10-8-16)23-18(22)15-4-3-14-12-17(20)6-5-13(14)11-15;1-19(2,13-9-11-21-12-10-13)23-18(22)16-7-8-17(20)15-6-4-3-5-14(15)16/h3-10,15,19,22H,11-14H2,1-2H3;8-11,19,22H,4-7,12-16H2,1-3H3;14-16,21H,6-13H2,1-5H3,(H,22,24);6-9,17,21H,10-14H2,1-5H3;3-6,11-12,16,21H,7-10H2,1-2H3;3-8,13,21H,9-12H2,1-2H3. The van der Waals surface area contributed by atoms with Gasteiger partial charge >= 0.3 is 41.9 Å². The zero-order valence-electron chi connectivity index (χ0n) is 89.4. The Morgan fingerprint density at radius 1 is 0.336 bits per heavy atom. The molecule has 1 amide bonds. The molecule has 1 aliphatic carbocycles. The molecule has 23 heteroatoms. The van der Waals surface area contributed by atoms with Gasteiger partial charge in [-0.1, -0.05) is 200 Å². The third-order valence-electron chi connectivity index (χ3n) is 29.8. The number of unbranched alkanes of at least 4 members (excludes halogenated alkanes) is 2. The molecule has 8 aromatic rings. The molecule has 0 spiro atoms. The molecule has 7 fully saturated rings. The van der Waals surface area contributed by atoms with Crippen molar-refractivity contribution in [2.45, 2.75) is 323 Å². The second-order valence-corrected chi connectivity index (χ2v) is 47.1. The molecule has 6 aliphatic heterocycles. The molecule has 0 radical (unpaired) electrons. The molecule has 7 aliphatic rings. The molecule has 143 heavy (non-hydrogen) atoms. The van der Waals surface area contributed by atoms with Crippen LogP contribution in [0.4, 0.5) is 4.79 Å². The van der Waals surface area contributed by atoms with Crippen molar-refractivity contribution in [1.29, 1.82) is 0 Å². The zero-order valence-corrected chi connectivity index (χ0v) is 92.5. The Balaban J connectivity index is 0.000000176. The van der Waals surface area contributed by atoms with Crippen molar-refractivity contribution < 1.29 is 66.7 Å². The van der Waals surface area contributed by atoms with E-state index in [9.17, 15) is 33.6 Å². The van der Waals surface area contributed by atoms with Crippen LogP contribution >= 0.6 is 31.9 Å². The Bertz CT molecular complexity index is 5330. The lowest BCUT2D eigenvalue weighted by atomic mass is 9.82. The van der Waals surface area contributed by atoms with E-state index in [4.69, 9.17) is 33.2 Å². The number of esters is 6. The molecular formula is C120H169Br2N7O14. The summed E-state index contributed by atoms with van der Waals surface area (Å²) in [5, 5.41) is 27.2. The van der Waals surface area contributed by atoms with Gasteiger partial charge < -0.3 is 70.4 Å². The first-order chi connectivity index (χ1) is 67.8. The highest BCUT2D eigenvalue weighted by Crippen LogP contribution is 2.40. The summed E-state index contributed by atoms with van der Waals surface area (Å²) in [5.74, 6) is 1.41. The van der Waals surface area contributed by atoms with Crippen LogP contribution < -0.4 is 37.2 Å². The zero-order chi connectivity index (χ0) is 104. The number of fused-ring (bicyclic) bond motifs is 2. The summed E-state index contributed by atoms with van der Waals surface area (Å²) in [6, 6.07) is 58.0. The predicted octanol–water partition coefficient (Wildman–Crippen LogP) is 24.9. The van der Waals surface area contributed by atoms with E-state index in [1.54, 1.807) is 0 Å². The van der Waals surface area contributed by atoms with Crippen LogP contribution in [0.25, 0.3) is 32.7 Å². The number of benzene rings is 8. The van der Waals surface area contributed by atoms with Crippen LogP contribution in [0.3, 0.4) is 0 Å². The minimum Gasteiger partial charge on any atom is -0.459 e. The van der Waals surface area contributed by atoms with E-state index in [0.29, 0.717) is 65.0 Å². The number of aryl methyl sites for hydroxylation is 1. The van der Waals surface area contributed by atoms with Crippen molar-refractivity contribution in [1.82, 2.24) is 37.2 Å². The van der Waals surface area contributed by atoms with E-state index < -0.39 is 28.0 Å². The number of rotatable bonds is 26. The van der Waals surface area contributed by atoms with Gasteiger partial charge in [0.05, 0.1) is 35.4 Å². The highest BCUT2D eigenvalue weighted by Gasteiger charge is 2.42. The first-order valence-corrected chi connectivity index (χ1v) is 54.6. The maximum atomic E-state index is 12.8. The molecular weight excluding hydrogens is 1920 g/mol. The van der Waals surface area contributed by atoms with Crippen LogP contribution in [0.2, 0.25) is 0 Å². The van der Waals surface area contributed by atoms with Crippen LogP contribution in [-0.2, 0) is 72.2 Å². The van der Waals surface area contributed by atoms with Crippen LogP contribution in [0.15, 0.2) is 185 Å². The summed E-state index contributed by atoms with van der Waals surface area (Å²) in [7, 11) is 0. The van der Waals surface area contributed by atoms with Gasteiger partial charge in [-0.15, -0.1) is 0 Å². The van der Waals surface area contributed by atoms with Crippen LogP contribution in [-0.4, -0.2) is 166 Å². The van der Waals surface area contributed by atoms with Gasteiger partial charge in [0.1, 0.15) is 39.2 Å². The first-order valence-electron chi connectivity index (χ1n) is 53.1. The third kappa shape index (κ3) is 37.5. The molecule has 782 valence electrons. The molecule has 7 N–H and O–H groups in total. The van der Waals surface area contributed by atoms with E-state index in [-0.39, 0.29) is 70.5 Å². The number of carbonyl (C=O) groups excluding carboxylic acids is 7. The SMILES string of the molecule is CC(C)(C)OC(=O)NC1CCC(C(=O)OC(C)(C)C2CCNCC2)CC1.CC(C)(C)c1ccc(CC(=O)OC(C)(C)C2CCNCC2)cc1.CC(C)(OC(=O)c1ccc(Br)c2ccccc12)C1CCNCC1.CC(C)(OC(=O)c1ccc2cc(Br)ccc2c1)C1CCNCC1.CC(C)(OC(=O)c1cccc(-c2ccccc2)c1)C1CCNCC1.CCCCCc1ccc(CC(=O)OC(C)(C)C2CCNCC2)cc1. The Labute approximate surface area is 871 Å². The monoisotopic (exact) mass is 2090 g/mol. The first kappa shape index (κ1) is 116. The van der Waals surface area contributed by atoms with Gasteiger partial charge in [-0.2, -0.15) is 0 Å². The van der Waals surface area contributed by atoms with Gasteiger partial charge in [0, 0.05) is 50.5 Å². The summed E-state index contributed by atoms with van der Waals surface area (Å²) < 4.78 is 42.6. The number of nitrogens with one attached hydrogen (secondary N) is 7. The molecule has 0 unspecified atom stereocenters. The Hall–Kier alpha value is -8.91. The fraction of sp³-hybridized carbons (Fsp3) is 0.575. The van der Waals surface area contributed by atoms with Gasteiger partial charge in [-0.25, -0.2) is 19.2 Å². The minimum atomic E-state index is -0.495. The largest absolute Gasteiger partial charge is 0.459 e. The number of hydrogen-bond donors (Lipinski definition) is 7. The molecule has 1 saturated carbocycles. The van der Waals surface area contributed by atoms with E-state index in [1.807, 2.05) is 230 Å². The van der Waals surface area contributed by atoms with Crippen molar-refractivity contribution in [2.75, 3.05) is 78.5 Å². The Morgan fingerprint density at radius 3 is 1.15 bits per heavy atom. The second-order valence-electron chi connectivity index (χ2n) is 45.4. The maximum absolute atomic E-state index is 12.8. The van der Waals surface area contributed by atoms with Gasteiger partial charge in [-0.3, -0.25) is 14.4 Å². The molecule has 15 rings (SSSR count). The Morgan fingerprint density at radius 2 is 0.713 bits per heavy atom. The summed E-state index contributed by atoms with van der Waals surface area (Å²) >= 11 is 7.01. The number of alkyl carbamates (subject to hydrolysis) is 1. The number of halogens is 2. The lowest BCUT2D eigenvalue weighted by Gasteiger charge is -2.38. The van der Waals surface area contributed by atoms with Crippen LogP contribution in [0.5, 0.6) is 0 Å². The predicted molar refractivity (Wildman–Crippen MR) is 585 cm³/mol. The van der Waals surface area contributed by atoms with Crippen molar-refractivity contribution in [3.63, 3.8) is 0 Å². The molecule has 6 saturated heterocycles. The van der Waals surface area contributed by atoms with E-state index in [2.05, 4.69) is 147 Å². The summed E-state index contributed by atoms with van der Waals surface area (Å²) in [4.78, 5) is 87.1. The average Bonchev–Trinajstić information content (AvgIpc) is 0.791. The van der Waals surface area contributed by atoms with Gasteiger partial charge in [0.2, 0.25) is 0 Å². The quantitative estimate of drug-likeness (QED) is 0.0151. The molecule has 0 atom stereocenters. The molecule has 8 aromatic carbocycles. The molecule has 0 aromatic heterocycles. The van der Waals surface area contributed by atoms with E-state index in [0.717, 1.165) is 240 Å². The number of hydrogen-bond acceptors (Lipinski definition) is 20. The third-order valence-corrected chi connectivity index (χ3v) is 31.0. The van der Waals surface area contributed by atoms with E-state index >= 15 is 0 Å². The number of carbonyl (C=O) groups is 7. The van der Waals surface area contributed by atoms with Crippen molar-refractivity contribution in [3.8, 4) is 11.1 Å². The lowest BCUT2D eigenvalue weighted by molar-refractivity contribution is -0.169. The summed E-state index contributed by atoms with van der Waals surface area (Å²) in [6.45, 7) is 50.8. The Kier molecular flexibility index (Phi) is 44.4. The average molecular weight is 2090 g/mol. The normalized spacial score (nSPS) is 18.0. The van der Waals surface area contributed by atoms with Crippen LogP contribution in [0.1, 0.15) is 307 Å². The number of piperidine rings is 6. The fourth-order valence-corrected chi connectivity index (χ4v) is 21.4. The second kappa shape index (κ2) is 54.7. The topological polar surface area (TPSA) is 268 Å².